The Balaban J connectivity index is 1.40. The normalized spacial score (nSPS) is 12.2. The maximum atomic E-state index is 13.6. The van der Waals surface area contributed by atoms with Crippen molar-refractivity contribution in [1.29, 1.82) is 0 Å². The zero-order chi connectivity index (χ0) is 28.2. The molecule has 15 heteroatoms. The van der Waals surface area contributed by atoms with Gasteiger partial charge in [-0.25, -0.2) is 14.4 Å². The molecule has 2 aromatic heterocycles. The molecule has 1 amide bonds. The fourth-order valence-corrected chi connectivity index (χ4v) is 3.97. The van der Waals surface area contributed by atoms with Crippen LogP contribution in [0.4, 0.5) is 40.0 Å². The van der Waals surface area contributed by atoms with Crippen LogP contribution in [0.15, 0.2) is 54.9 Å². The number of alkyl halides is 3. The topological polar surface area (TPSA) is 136 Å². The van der Waals surface area contributed by atoms with E-state index in [0.29, 0.717) is 29.5 Å². The maximum Gasteiger partial charge on any atom is 0.419 e. The Kier molecular flexibility index (Phi) is 8.32. The predicted octanol–water partition coefficient (Wildman–Crippen LogP) is 3.94. The highest BCUT2D eigenvalue weighted by Gasteiger charge is 2.34. The van der Waals surface area contributed by atoms with Crippen LogP contribution in [0.3, 0.4) is 0 Å². The van der Waals surface area contributed by atoms with Crippen LogP contribution in [0.5, 0.6) is 0 Å². The van der Waals surface area contributed by atoms with Crippen LogP contribution < -0.4 is 15.5 Å². The Labute approximate surface area is 223 Å². The lowest BCUT2D eigenvalue weighted by Gasteiger charge is -2.20. The maximum absolute atomic E-state index is 13.6. The third kappa shape index (κ3) is 7.01. The molecule has 10 nitrogen and oxygen atoms in total. The van der Waals surface area contributed by atoms with Gasteiger partial charge in [0.15, 0.2) is 5.82 Å². The van der Waals surface area contributed by atoms with Crippen LogP contribution in [-0.2, 0) is 6.18 Å². The number of aliphatic hydroxyl groups excluding tert-OH is 2. The van der Waals surface area contributed by atoms with Gasteiger partial charge in [-0.2, -0.15) is 22.5 Å². The monoisotopic (exact) mass is 563 g/mol. The number of benzene rings is 2. The van der Waals surface area contributed by atoms with Crippen molar-refractivity contribution in [2.24, 2.45) is 0 Å². The second kappa shape index (κ2) is 11.7. The lowest BCUT2D eigenvalue weighted by atomic mass is 10.1. The fraction of sp³-hybridized carbons (Fsp3) is 0.208. The Morgan fingerprint density at radius 1 is 1.13 bits per heavy atom. The molecule has 0 aliphatic heterocycles. The van der Waals surface area contributed by atoms with Crippen molar-refractivity contribution in [1.82, 2.24) is 19.3 Å². The number of rotatable bonds is 9. The molecule has 204 valence electrons. The summed E-state index contributed by atoms with van der Waals surface area (Å²) in [7, 11) is 1.71. The molecule has 0 fully saturated rings. The van der Waals surface area contributed by atoms with Crippen LogP contribution in [0.25, 0.3) is 11.4 Å². The van der Waals surface area contributed by atoms with Crippen molar-refractivity contribution in [2.45, 2.75) is 12.3 Å². The Bertz CT molecular complexity index is 1450. The Hall–Kier alpha value is -4.21. The number of anilines is 4. The smallest absolute Gasteiger partial charge is 0.394 e. The number of hydrogen-bond acceptors (Lipinski definition) is 10. The summed E-state index contributed by atoms with van der Waals surface area (Å²) in [5, 5.41) is 24.3. The highest BCUT2D eigenvalue weighted by Crippen LogP contribution is 2.34. The number of carbonyl (C=O) groups excluding carboxylic acids is 1. The fourth-order valence-electron chi connectivity index (χ4n) is 3.39. The van der Waals surface area contributed by atoms with E-state index in [1.54, 1.807) is 42.3 Å². The summed E-state index contributed by atoms with van der Waals surface area (Å²) in [6.45, 7) is -0.205. The molecule has 2 heterocycles. The van der Waals surface area contributed by atoms with E-state index >= 15 is 0 Å². The number of carbonyl (C=O) groups is 1. The average Bonchev–Trinajstić information content (AvgIpc) is 3.37. The van der Waals surface area contributed by atoms with Crippen LogP contribution in [-0.4, -0.2) is 61.7 Å². The van der Waals surface area contributed by atoms with Gasteiger partial charge in [-0.1, -0.05) is 0 Å². The van der Waals surface area contributed by atoms with Gasteiger partial charge >= 0.3 is 6.18 Å². The van der Waals surface area contributed by atoms with Crippen LogP contribution in [0.2, 0.25) is 0 Å². The lowest BCUT2D eigenvalue weighted by Crippen LogP contribution is -2.31. The van der Waals surface area contributed by atoms with Crippen molar-refractivity contribution >= 4 is 39.9 Å². The minimum Gasteiger partial charge on any atom is -0.394 e. The van der Waals surface area contributed by atoms with E-state index in [1.807, 2.05) is 0 Å². The Morgan fingerprint density at radius 2 is 1.87 bits per heavy atom. The molecule has 39 heavy (non-hydrogen) atoms. The summed E-state index contributed by atoms with van der Waals surface area (Å²) in [5.74, 6) is -1.03. The first-order valence-electron chi connectivity index (χ1n) is 11.2. The number of aromatic nitrogens is 4. The van der Waals surface area contributed by atoms with E-state index in [9.17, 15) is 27.5 Å². The standard InChI is InChI=1S/C24H21F4N7O3S/c1-35(10-16(37)11-36)20-9-19(29-12-30-20)31-15-5-2-13(3-6-15)22(38)33-23-32-21(34-39-23)14-4-7-18(25)17(8-14)24(26,27)28/h2-9,12,16,36-37H,10-11H2,1H3,(H,29,30,31)(H,32,33,34,38). The molecule has 1 unspecified atom stereocenters. The third-order valence-corrected chi connectivity index (χ3v) is 5.97. The second-order valence-electron chi connectivity index (χ2n) is 8.25. The van der Waals surface area contributed by atoms with Gasteiger partial charge in [0.05, 0.1) is 18.3 Å². The van der Waals surface area contributed by atoms with E-state index in [-0.39, 0.29) is 35.2 Å². The van der Waals surface area contributed by atoms with Crippen molar-refractivity contribution in [2.75, 3.05) is 35.7 Å². The minimum absolute atomic E-state index is 0.0421. The summed E-state index contributed by atoms with van der Waals surface area (Å²) in [4.78, 5) is 26.6. The number of amides is 1. The van der Waals surface area contributed by atoms with E-state index in [4.69, 9.17) is 5.11 Å². The van der Waals surface area contributed by atoms with Gasteiger partial charge in [0.2, 0.25) is 5.13 Å². The average molecular weight is 564 g/mol. The Morgan fingerprint density at radius 3 is 2.56 bits per heavy atom. The predicted molar refractivity (Wildman–Crippen MR) is 136 cm³/mol. The summed E-state index contributed by atoms with van der Waals surface area (Å²) >= 11 is 0.770. The van der Waals surface area contributed by atoms with E-state index in [0.717, 1.165) is 17.6 Å². The molecule has 0 saturated carbocycles. The number of aliphatic hydroxyl groups is 2. The van der Waals surface area contributed by atoms with E-state index in [1.165, 1.54) is 6.33 Å². The van der Waals surface area contributed by atoms with Crippen molar-refractivity contribution in [3.05, 3.63) is 71.8 Å². The molecule has 1 atom stereocenters. The molecular formula is C24H21F4N7O3S. The molecule has 0 aliphatic carbocycles. The summed E-state index contributed by atoms with van der Waals surface area (Å²) in [6.07, 6.45) is -4.45. The molecule has 0 saturated heterocycles. The molecule has 4 rings (SSSR count). The molecule has 4 aromatic rings. The zero-order valence-electron chi connectivity index (χ0n) is 20.1. The lowest BCUT2D eigenvalue weighted by molar-refractivity contribution is -0.139. The molecule has 0 aliphatic rings. The van der Waals surface area contributed by atoms with Crippen molar-refractivity contribution in [3.8, 4) is 11.4 Å². The van der Waals surface area contributed by atoms with Crippen LogP contribution in [0, 0.1) is 5.82 Å². The SMILES string of the molecule is CN(CC(O)CO)c1cc(Nc2ccc(C(=O)Nc3nc(-c4ccc(F)c(C(F)(F)F)c4)ns3)cc2)ncn1. The molecule has 0 radical (unpaired) electrons. The van der Waals surface area contributed by atoms with Crippen LogP contribution >= 0.6 is 11.5 Å². The summed E-state index contributed by atoms with van der Waals surface area (Å²) in [5.41, 5.74) is -0.580. The molecule has 2 aromatic carbocycles. The number of nitrogens with zero attached hydrogens (tertiary/aromatic N) is 5. The number of halogens is 4. The van der Waals surface area contributed by atoms with E-state index in [2.05, 4.69) is 30.0 Å². The molecular weight excluding hydrogens is 542 g/mol. The molecule has 4 N–H and O–H groups in total. The first-order valence-corrected chi connectivity index (χ1v) is 12.0. The van der Waals surface area contributed by atoms with Gasteiger partial charge < -0.3 is 20.4 Å². The molecule has 0 spiro atoms. The molecule has 0 bridgehead atoms. The number of hydrogen-bond donors (Lipinski definition) is 4. The number of likely N-dealkylation sites (N-methyl/N-ethyl adjacent to an activating group) is 1. The quantitative estimate of drug-likeness (QED) is 0.223. The highest BCUT2D eigenvalue weighted by atomic mass is 32.1. The van der Waals surface area contributed by atoms with Gasteiger partial charge in [-0.3, -0.25) is 10.1 Å². The number of nitrogens with one attached hydrogen (secondary N) is 2. The van der Waals surface area contributed by atoms with Crippen molar-refractivity contribution in [3.63, 3.8) is 0 Å². The van der Waals surface area contributed by atoms with Crippen molar-refractivity contribution < 1.29 is 32.6 Å². The van der Waals surface area contributed by atoms with Gasteiger partial charge in [0.1, 0.15) is 23.8 Å². The zero-order valence-corrected chi connectivity index (χ0v) is 21.0. The highest BCUT2D eigenvalue weighted by molar-refractivity contribution is 7.10. The summed E-state index contributed by atoms with van der Waals surface area (Å²) in [6, 6.07) is 10.4. The third-order valence-electron chi connectivity index (χ3n) is 5.34. The largest absolute Gasteiger partial charge is 0.419 e. The van der Waals surface area contributed by atoms with E-state index < -0.39 is 29.6 Å². The summed E-state index contributed by atoms with van der Waals surface area (Å²) < 4.78 is 56.5. The van der Waals surface area contributed by atoms with Gasteiger partial charge in [-0.15, -0.1) is 0 Å². The van der Waals surface area contributed by atoms with Gasteiger partial charge in [0, 0.05) is 48.0 Å². The first-order chi connectivity index (χ1) is 18.5. The second-order valence-corrected chi connectivity index (χ2v) is 9.00. The van der Waals surface area contributed by atoms with Crippen LogP contribution in [0.1, 0.15) is 15.9 Å². The first kappa shape index (κ1) is 27.8. The van der Waals surface area contributed by atoms with Gasteiger partial charge in [-0.05, 0) is 42.5 Å². The van der Waals surface area contributed by atoms with Gasteiger partial charge in [0.25, 0.3) is 5.91 Å². The minimum atomic E-state index is -4.87.